The van der Waals surface area contributed by atoms with Crippen molar-refractivity contribution >= 4 is 24.2 Å². The first-order chi connectivity index (χ1) is 10.6. The molecule has 1 aliphatic heterocycles. The van der Waals surface area contributed by atoms with Gasteiger partial charge >= 0.3 is 0 Å². The molecular formula is C17H32ClN3O2. The van der Waals surface area contributed by atoms with Crippen LogP contribution >= 0.6 is 12.4 Å². The van der Waals surface area contributed by atoms with Gasteiger partial charge in [-0.2, -0.15) is 0 Å². The molecule has 0 spiro atoms. The number of carbonyl (C=O) groups excluding carboxylic acids is 2. The molecule has 0 aromatic heterocycles. The fraction of sp³-hybridized carbons (Fsp3) is 0.882. The molecule has 2 atom stereocenters. The van der Waals surface area contributed by atoms with Gasteiger partial charge in [-0.3, -0.25) is 9.59 Å². The minimum atomic E-state index is -0.0413. The molecule has 0 aromatic carbocycles. The van der Waals surface area contributed by atoms with Crippen molar-refractivity contribution in [2.45, 2.75) is 58.4 Å². The highest BCUT2D eigenvalue weighted by atomic mass is 35.5. The molecule has 23 heavy (non-hydrogen) atoms. The summed E-state index contributed by atoms with van der Waals surface area (Å²) in [7, 11) is 0. The zero-order valence-corrected chi connectivity index (χ0v) is 15.3. The first kappa shape index (κ1) is 20.2. The summed E-state index contributed by atoms with van der Waals surface area (Å²) in [6.07, 6.45) is 6.49. The van der Waals surface area contributed by atoms with Crippen LogP contribution in [0.3, 0.4) is 0 Å². The van der Waals surface area contributed by atoms with E-state index in [9.17, 15) is 9.59 Å². The van der Waals surface area contributed by atoms with Crippen LogP contribution in [0.1, 0.15) is 52.4 Å². The number of nitrogens with one attached hydrogen (secondary N) is 2. The standard InChI is InChI=1S/C17H31N3O2.ClH/c1-3-5-13(2)19-17(22)15-6-4-9-20(12-15)16(21)11-18-10-14-7-8-14;/h13-15,18H,3-12H2,1-2H3,(H,19,22);1H. The summed E-state index contributed by atoms with van der Waals surface area (Å²) in [5.41, 5.74) is 0. The Kier molecular flexibility index (Phi) is 8.92. The molecule has 6 heteroatoms. The lowest BCUT2D eigenvalue weighted by atomic mass is 9.96. The Bertz CT molecular complexity index is 388. The van der Waals surface area contributed by atoms with E-state index in [1.807, 2.05) is 4.90 Å². The quantitative estimate of drug-likeness (QED) is 0.707. The lowest BCUT2D eigenvalue weighted by molar-refractivity contribution is -0.135. The molecule has 2 amide bonds. The summed E-state index contributed by atoms with van der Waals surface area (Å²) in [5.74, 6) is 0.998. The molecule has 0 radical (unpaired) electrons. The van der Waals surface area contributed by atoms with E-state index < -0.39 is 0 Å². The normalized spacial score (nSPS) is 22.2. The highest BCUT2D eigenvalue weighted by molar-refractivity contribution is 5.85. The van der Waals surface area contributed by atoms with Crippen molar-refractivity contribution in [2.75, 3.05) is 26.2 Å². The van der Waals surface area contributed by atoms with Crippen molar-refractivity contribution in [1.82, 2.24) is 15.5 Å². The van der Waals surface area contributed by atoms with Crippen LogP contribution in [0.25, 0.3) is 0 Å². The van der Waals surface area contributed by atoms with E-state index in [4.69, 9.17) is 0 Å². The average molecular weight is 346 g/mol. The Morgan fingerprint density at radius 1 is 1.26 bits per heavy atom. The average Bonchev–Trinajstić information content (AvgIpc) is 3.31. The van der Waals surface area contributed by atoms with Crippen LogP contribution in [-0.2, 0) is 9.59 Å². The SMILES string of the molecule is CCCC(C)NC(=O)C1CCCN(C(=O)CNCC2CC2)C1.Cl. The van der Waals surface area contributed by atoms with Gasteiger partial charge in [0.1, 0.15) is 0 Å². The number of likely N-dealkylation sites (tertiary alicyclic amines) is 1. The number of halogens is 1. The highest BCUT2D eigenvalue weighted by Crippen LogP contribution is 2.27. The number of rotatable bonds is 8. The molecule has 2 fully saturated rings. The van der Waals surface area contributed by atoms with Crippen molar-refractivity contribution in [2.24, 2.45) is 11.8 Å². The largest absolute Gasteiger partial charge is 0.353 e. The van der Waals surface area contributed by atoms with Gasteiger partial charge in [0, 0.05) is 19.1 Å². The predicted octanol–water partition coefficient (Wildman–Crippen LogP) is 1.95. The second-order valence-corrected chi connectivity index (χ2v) is 6.95. The van der Waals surface area contributed by atoms with Gasteiger partial charge in [-0.05, 0) is 51.5 Å². The lowest BCUT2D eigenvalue weighted by Crippen LogP contribution is -2.49. The van der Waals surface area contributed by atoms with E-state index in [0.717, 1.165) is 44.7 Å². The minimum absolute atomic E-state index is 0. The van der Waals surface area contributed by atoms with Gasteiger partial charge in [-0.25, -0.2) is 0 Å². The van der Waals surface area contributed by atoms with Gasteiger partial charge in [0.2, 0.25) is 11.8 Å². The summed E-state index contributed by atoms with van der Waals surface area (Å²) in [6.45, 7) is 6.91. The molecule has 0 bridgehead atoms. The number of amides is 2. The van der Waals surface area contributed by atoms with Gasteiger partial charge in [0.05, 0.1) is 12.5 Å². The molecule has 1 aliphatic carbocycles. The molecule has 1 saturated carbocycles. The molecule has 2 unspecified atom stereocenters. The van der Waals surface area contributed by atoms with Crippen LogP contribution < -0.4 is 10.6 Å². The zero-order valence-electron chi connectivity index (χ0n) is 14.5. The van der Waals surface area contributed by atoms with E-state index in [2.05, 4.69) is 24.5 Å². The molecule has 2 aliphatic rings. The van der Waals surface area contributed by atoms with E-state index in [1.54, 1.807) is 0 Å². The fourth-order valence-corrected chi connectivity index (χ4v) is 3.10. The van der Waals surface area contributed by atoms with Gasteiger partial charge in [0.15, 0.2) is 0 Å². The fourth-order valence-electron chi connectivity index (χ4n) is 3.10. The predicted molar refractivity (Wildman–Crippen MR) is 94.7 cm³/mol. The number of carbonyl (C=O) groups is 2. The second kappa shape index (κ2) is 10.1. The Hall–Kier alpha value is -0.810. The van der Waals surface area contributed by atoms with E-state index in [-0.39, 0.29) is 36.2 Å². The Labute approximate surface area is 146 Å². The summed E-state index contributed by atoms with van der Waals surface area (Å²) in [6, 6.07) is 0.226. The molecule has 5 nitrogen and oxygen atoms in total. The summed E-state index contributed by atoms with van der Waals surface area (Å²) in [4.78, 5) is 26.4. The van der Waals surface area contributed by atoms with Crippen LogP contribution in [0, 0.1) is 11.8 Å². The van der Waals surface area contributed by atoms with Crippen LogP contribution in [0.2, 0.25) is 0 Å². The lowest BCUT2D eigenvalue weighted by Gasteiger charge is -2.32. The summed E-state index contributed by atoms with van der Waals surface area (Å²) < 4.78 is 0. The first-order valence-electron chi connectivity index (χ1n) is 8.89. The summed E-state index contributed by atoms with van der Waals surface area (Å²) >= 11 is 0. The topological polar surface area (TPSA) is 61.4 Å². The van der Waals surface area contributed by atoms with Crippen molar-refractivity contribution in [1.29, 1.82) is 0 Å². The maximum Gasteiger partial charge on any atom is 0.236 e. The summed E-state index contributed by atoms with van der Waals surface area (Å²) in [5, 5.41) is 6.33. The van der Waals surface area contributed by atoms with Crippen LogP contribution in [-0.4, -0.2) is 48.9 Å². The van der Waals surface area contributed by atoms with Crippen molar-refractivity contribution < 1.29 is 9.59 Å². The number of piperidine rings is 1. The smallest absolute Gasteiger partial charge is 0.236 e. The Balaban J connectivity index is 0.00000264. The van der Waals surface area contributed by atoms with Crippen LogP contribution in [0.4, 0.5) is 0 Å². The Morgan fingerprint density at radius 2 is 2.00 bits per heavy atom. The molecule has 2 N–H and O–H groups in total. The maximum absolute atomic E-state index is 12.3. The van der Waals surface area contributed by atoms with Gasteiger partial charge in [-0.1, -0.05) is 13.3 Å². The molecular weight excluding hydrogens is 314 g/mol. The van der Waals surface area contributed by atoms with Gasteiger partial charge in [-0.15, -0.1) is 12.4 Å². The number of hydrogen-bond donors (Lipinski definition) is 2. The highest BCUT2D eigenvalue weighted by Gasteiger charge is 2.29. The van der Waals surface area contributed by atoms with Crippen LogP contribution in [0.15, 0.2) is 0 Å². The van der Waals surface area contributed by atoms with Crippen molar-refractivity contribution in [3.8, 4) is 0 Å². The third kappa shape index (κ3) is 7.08. The zero-order chi connectivity index (χ0) is 15.9. The molecule has 1 saturated heterocycles. The van der Waals surface area contributed by atoms with Crippen LogP contribution in [0.5, 0.6) is 0 Å². The molecule has 2 rings (SSSR count). The monoisotopic (exact) mass is 345 g/mol. The van der Waals surface area contributed by atoms with Crippen molar-refractivity contribution in [3.63, 3.8) is 0 Å². The molecule has 134 valence electrons. The second-order valence-electron chi connectivity index (χ2n) is 6.95. The van der Waals surface area contributed by atoms with E-state index in [0.29, 0.717) is 13.1 Å². The number of hydrogen-bond acceptors (Lipinski definition) is 3. The third-order valence-corrected chi connectivity index (χ3v) is 4.66. The minimum Gasteiger partial charge on any atom is -0.353 e. The van der Waals surface area contributed by atoms with E-state index >= 15 is 0 Å². The Morgan fingerprint density at radius 3 is 2.65 bits per heavy atom. The molecule has 0 aromatic rings. The maximum atomic E-state index is 12.3. The third-order valence-electron chi connectivity index (χ3n) is 4.66. The number of nitrogens with zero attached hydrogens (tertiary/aromatic N) is 1. The molecule has 1 heterocycles. The van der Waals surface area contributed by atoms with Gasteiger partial charge < -0.3 is 15.5 Å². The van der Waals surface area contributed by atoms with Gasteiger partial charge in [0.25, 0.3) is 0 Å². The first-order valence-corrected chi connectivity index (χ1v) is 8.89. The van der Waals surface area contributed by atoms with E-state index in [1.165, 1.54) is 12.8 Å². The van der Waals surface area contributed by atoms with Crippen molar-refractivity contribution in [3.05, 3.63) is 0 Å².